The lowest BCUT2D eigenvalue weighted by molar-refractivity contribution is -0.115. The Labute approximate surface area is 140 Å². The van der Waals surface area contributed by atoms with Crippen LogP contribution in [0.4, 0.5) is 5.00 Å². The molecule has 2 amide bonds. The van der Waals surface area contributed by atoms with Gasteiger partial charge in [-0.05, 0) is 33.3 Å². The van der Waals surface area contributed by atoms with Crippen molar-refractivity contribution in [3.05, 3.63) is 16.0 Å². The van der Waals surface area contributed by atoms with Crippen LogP contribution < -0.4 is 5.32 Å². The van der Waals surface area contributed by atoms with Gasteiger partial charge in [0.1, 0.15) is 5.00 Å². The fraction of sp³-hybridized carbons (Fsp3) is 0.562. The lowest BCUT2D eigenvalue weighted by atomic mass is 10.1. The van der Waals surface area contributed by atoms with Gasteiger partial charge in [-0.3, -0.25) is 9.59 Å². The predicted octanol–water partition coefficient (Wildman–Crippen LogP) is 3.06. The number of thiophene rings is 1. The Hall–Kier alpha value is -1.89. The van der Waals surface area contributed by atoms with E-state index in [0.29, 0.717) is 35.0 Å². The molecule has 1 aromatic rings. The standard InChI is InChI=1S/C16H24N2O4S/c1-6-11(19)17-14-12(16(21)22-9-4)10(5)13(23-14)15(20)18(7-2)8-3/h6-9H2,1-5H3,(H,17,19). The Bertz CT molecular complexity index is 591. The maximum atomic E-state index is 12.6. The molecular weight excluding hydrogens is 316 g/mol. The summed E-state index contributed by atoms with van der Waals surface area (Å²) in [6, 6.07) is 0. The topological polar surface area (TPSA) is 75.7 Å². The van der Waals surface area contributed by atoms with Crippen molar-refractivity contribution < 1.29 is 19.1 Å². The summed E-state index contributed by atoms with van der Waals surface area (Å²) in [5.74, 6) is -0.870. The Morgan fingerprint density at radius 2 is 1.74 bits per heavy atom. The summed E-state index contributed by atoms with van der Waals surface area (Å²) < 4.78 is 5.06. The van der Waals surface area contributed by atoms with Crippen LogP contribution in [0.2, 0.25) is 0 Å². The molecule has 1 aromatic heterocycles. The highest BCUT2D eigenvalue weighted by Gasteiger charge is 2.27. The summed E-state index contributed by atoms with van der Waals surface area (Å²) in [4.78, 5) is 38.6. The Balaban J connectivity index is 3.33. The number of nitrogens with zero attached hydrogens (tertiary/aromatic N) is 1. The van der Waals surface area contributed by atoms with Crippen LogP contribution in [0.1, 0.15) is 59.7 Å². The van der Waals surface area contributed by atoms with Gasteiger partial charge in [0.05, 0.1) is 17.0 Å². The van der Waals surface area contributed by atoms with Crippen molar-refractivity contribution in [2.45, 2.75) is 41.0 Å². The molecule has 0 aliphatic heterocycles. The minimum atomic E-state index is -0.522. The van der Waals surface area contributed by atoms with Gasteiger partial charge in [0.2, 0.25) is 5.91 Å². The van der Waals surface area contributed by atoms with Crippen LogP contribution in [0.15, 0.2) is 0 Å². The van der Waals surface area contributed by atoms with Gasteiger partial charge >= 0.3 is 5.97 Å². The number of ether oxygens (including phenoxy) is 1. The van der Waals surface area contributed by atoms with Gasteiger partial charge in [-0.15, -0.1) is 11.3 Å². The summed E-state index contributed by atoms with van der Waals surface area (Å²) in [5.41, 5.74) is 0.825. The second-order valence-electron chi connectivity index (χ2n) is 4.86. The molecule has 128 valence electrons. The summed E-state index contributed by atoms with van der Waals surface area (Å²) in [6.45, 7) is 10.3. The fourth-order valence-corrected chi connectivity index (χ4v) is 3.30. The molecule has 1 N–H and O–H groups in total. The number of amides is 2. The maximum absolute atomic E-state index is 12.6. The number of carbonyl (C=O) groups excluding carboxylic acids is 3. The van der Waals surface area contributed by atoms with E-state index < -0.39 is 5.97 Å². The molecule has 0 aliphatic carbocycles. The van der Waals surface area contributed by atoms with Gasteiger partial charge in [-0.2, -0.15) is 0 Å². The van der Waals surface area contributed by atoms with Crippen molar-refractivity contribution in [3.8, 4) is 0 Å². The molecule has 23 heavy (non-hydrogen) atoms. The normalized spacial score (nSPS) is 10.3. The van der Waals surface area contributed by atoms with Crippen molar-refractivity contribution in [2.75, 3.05) is 25.0 Å². The number of rotatable bonds is 7. The number of nitrogens with one attached hydrogen (secondary N) is 1. The minimum Gasteiger partial charge on any atom is -0.462 e. The van der Waals surface area contributed by atoms with Crippen LogP contribution in [-0.2, 0) is 9.53 Å². The average Bonchev–Trinajstić information content (AvgIpc) is 2.84. The Morgan fingerprint density at radius 3 is 2.22 bits per heavy atom. The molecule has 0 bridgehead atoms. The third-order valence-corrected chi connectivity index (χ3v) is 4.64. The van der Waals surface area contributed by atoms with E-state index in [-0.39, 0.29) is 24.0 Å². The van der Waals surface area contributed by atoms with Crippen molar-refractivity contribution in [3.63, 3.8) is 0 Å². The molecule has 0 saturated heterocycles. The molecule has 6 nitrogen and oxygen atoms in total. The molecule has 0 unspecified atom stereocenters. The lowest BCUT2D eigenvalue weighted by Gasteiger charge is -2.18. The third-order valence-electron chi connectivity index (χ3n) is 3.45. The largest absolute Gasteiger partial charge is 0.462 e. The van der Waals surface area contributed by atoms with E-state index in [1.165, 1.54) is 0 Å². The van der Waals surface area contributed by atoms with Crippen LogP contribution in [0.5, 0.6) is 0 Å². The molecule has 0 fully saturated rings. The highest BCUT2D eigenvalue weighted by Crippen LogP contribution is 2.34. The van der Waals surface area contributed by atoms with Crippen LogP contribution in [0, 0.1) is 6.92 Å². The molecular formula is C16H24N2O4S. The van der Waals surface area contributed by atoms with Crippen LogP contribution >= 0.6 is 11.3 Å². The molecule has 0 aliphatic rings. The molecule has 0 radical (unpaired) electrons. The summed E-state index contributed by atoms with van der Waals surface area (Å²) >= 11 is 1.13. The van der Waals surface area contributed by atoms with E-state index in [2.05, 4.69) is 5.32 Å². The molecule has 0 atom stereocenters. The molecule has 0 aromatic carbocycles. The number of anilines is 1. The lowest BCUT2D eigenvalue weighted by Crippen LogP contribution is -2.30. The van der Waals surface area contributed by atoms with E-state index in [9.17, 15) is 14.4 Å². The monoisotopic (exact) mass is 340 g/mol. The second kappa shape index (κ2) is 8.67. The molecule has 1 heterocycles. The maximum Gasteiger partial charge on any atom is 0.341 e. The predicted molar refractivity (Wildman–Crippen MR) is 91.2 cm³/mol. The summed E-state index contributed by atoms with van der Waals surface area (Å²) in [5, 5.41) is 3.08. The van der Waals surface area contributed by atoms with Gasteiger partial charge < -0.3 is 15.0 Å². The van der Waals surface area contributed by atoms with Crippen molar-refractivity contribution >= 4 is 34.1 Å². The smallest absolute Gasteiger partial charge is 0.341 e. The van der Waals surface area contributed by atoms with Crippen molar-refractivity contribution in [2.24, 2.45) is 0 Å². The summed E-state index contributed by atoms with van der Waals surface area (Å²) in [7, 11) is 0. The first-order valence-corrected chi connectivity index (χ1v) is 8.62. The first-order chi connectivity index (χ1) is 10.9. The number of hydrogen-bond donors (Lipinski definition) is 1. The summed E-state index contributed by atoms with van der Waals surface area (Å²) in [6.07, 6.45) is 0.290. The molecule has 7 heteroatoms. The molecule has 0 saturated carbocycles. The minimum absolute atomic E-state index is 0.139. The third kappa shape index (κ3) is 4.31. The van der Waals surface area contributed by atoms with Gasteiger partial charge in [-0.1, -0.05) is 6.92 Å². The van der Waals surface area contributed by atoms with Crippen molar-refractivity contribution in [1.82, 2.24) is 4.90 Å². The fourth-order valence-electron chi connectivity index (χ4n) is 2.12. The SMILES string of the molecule is CCOC(=O)c1c(NC(=O)CC)sc(C(=O)N(CC)CC)c1C. The zero-order valence-electron chi connectivity index (χ0n) is 14.3. The van der Waals surface area contributed by atoms with Gasteiger partial charge in [0, 0.05) is 19.5 Å². The van der Waals surface area contributed by atoms with E-state index >= 15 is 0 Å². The van der Waals surface area contributed by atoms with E-state index in [1.54, 1.807) is 25.7 Å². The zero-order chi connectivity index (χ0) is 17.6. The number of carbonyl (C=O) groups is 3. The highest BCUT2D eigenvalue weighted by atomic mass is 32.1. The van der Waals surface area contributed by atoms with E-state index in [4.69, 9.17) is 4.74 Å². The van der Waals surface area contributed by atoms with E-state index in [0.717, 1.165) is 11.3 Å². The van der Waals surface area contributed by atoms with Gasteiger partial charge in [0.15, 0.2) is 0 Å². The van der Waals surface area contributed by atoms with Gasteiger partial charge in [0.25, 0.3) is 5.91 Å². The first kappa shape index (κ1) is 19.2. The highest BCUT2D eigenvalue weighted by molar-refractivity contribution is 7.18. The zero-order valence-corrected chi connectivity index (χ0v) is 15.1. The molecule has 1 rings (SSSR count). The average molecular weight is 340 g/mol. The van der Waals surface area contributed by atoms with E-state index in [1.807, 2.05) is 13.8 Å². The number of hydrogen-bond acceptors (Lipinski definition) is 5. The Kier molecular flexibility index (Phi) is 7.22. The first-order valence-electron chi connectivity index (χ1n) is 7.80. The van der Waals surface area contributed by atoms with Crippen molar-refractivity contribution in [1.29, 1.82) is 0 Å². The molecule has 0 spiro atoms. The second-order valence-corrected chi connectivity index (χ2v) is 5.88. The van der Waals surface area contributed by atoms with Crippen LogP contribution in [0.25, 0.3) is 0 Å². The quantitative estimate of drug-likeness (QED) is 0.774. The van der Waals surface area contributed by atoms with Crippen LogP contribution in [-0.4, -0.2) is 42.4 Å². The van der Waals surface area contributed by atoms with Gasteiger partial charge in [-0.25, -0.2) is 4.79 Å². The van der Waals surface area contributed by atoms with Crippen LogP contribution in [0.3, 0.4) is 0 Å². The number of esters is 1. The Morgan fingerprint density at radius 1 is 1.13 bits per heavy atom.